The second kappa shape index (κ2) is 5.40. The molecule has 106 valence electrons. The summed E-state index contributed by atoms with van der Waals surface area (Å²) in [4.78, 5) is 6.60. The van der Waals surface area contributed by atoms with Crippen molar-refractivity contribution >= 4 is 22.4 Å². The Labute approximate surface area is 122 Å². The van der Waals surface area contributed by atoms with Gasteiger partial charge in [-0.25, -0.2) is 9.37 Å². The predicted octanol–water partition coefficient (Wildman–Crippen LogP) is 3.59. The fraction of sp³-hybridized carbons (Fsp3) is 0.118. The van der Waals surface area contributed by atoms with Gasteiger partial charge in [0.25, 0.3) is 0 Å². The first-order valence-corrected chi connectivity index (χ1v) is 6.74. The maximum Gasteiger partial charge on any atom is 0.129 e. The van der Waals surface area contributed by atoms with Crippen LogP contribution in [0.25, 0.3) is 10.9 Å². The number of aromatic nitrogens is 1. The van der Waals surface area contributed by atoms with Crippen LogP contribution in [-0.2, 0) is 6.54 Å². The van der Waals surface area contributed by atoms with Crippen LogP contribution in [0.15, 0.2) is 54.6 Å². The van der Waals surface area contributed by atoms with Gasteiger partial charge in [0.2, 0.25) is 0 Å². The van der Waals surface area contributed by atoms with Gasteiger partial charge in [-0.1, -0.05) is 12.1 Å². The topological polar surface area (TPSA) is 42.1 Å². The van der Waals surface area contributed by atoms with Crippen molar-refractivity contribution in [1.29, 1.82) is 0 Å². The number of hydrogen-bond donors (Lipinski definition) is 1. The molecule has 1 aromatic heterocycles. The van der Waals surface area contributed by atoms with Gasteiger partial charge in [-0.3, -0.25) is 0 Å². The molecule has 0 radical (unpaired) electrons. The van der Waals surface area contributed by atoms with Crippen molar-refractivity contribution in [3.05, 3.63) is 66.0 Å². The molecule has 0 saturated carbocycles. The van der Waals surface area contributed by atoms with Crippen molar-refractivity contribution in [3.8, 4) is 0 Å². The molecule has 3 rings (SSSR count). The minimum absolute atomic E-state index is 0.220. The van der Waals surface area contributed by atoms with Crippen molar-refractivity contribution in [3.63, 3.8) is 0 Å². The van der Waals surface area contributed by atoms with Crippen LogP contribution in [0.3, 0.4) is 0 Å². The summed E-state index contributed by atoms with van der Waals surface area (Å²) < 4.78 is 13.2. The first-order valence-electron chi connectivity index (χ1n) is 6.74. The Morgan fingerprint density at radius 1 is 1.10 bits per heavy atom. The number of fused-ring (bicyclic) bond motifs is 1. The van der Waals surface area contributed by atoms with Gasteiger partial charge < -0.3 is 10.6 Å². The molecule has 0 unspecified atom stereocenters. The second-order valence-electron chi connectivity index (χ2n) is 5.11. The summed E-state index contributed by atoms with van der Waals surface area (Å²) in [7, 11) is 1.94. The van der Waals surface area contributed by atoms with Gasteiger partial charge in [0, 0.05) is 24.7 Å². The molecule has 0 aliphatic rings. The van der Waals surface area contributed by atoms with E-state index in [1.165, 1.54) is 12.1 Å². The van der Waals surface area contributed by atoms with Gasteiger partial charge in [-0.2, -0.15) is 0 Å². The highest BCUT2D eigenvalue weighted by Gasteiger charge is 2.06. The third-order valence-corrected chi connectivity index (χ3v) is 3.40. The number of nitrogens with zero attached hydrogens (tertiary/aromatic N) is 2. The van der Waals surface area contributed by atoms with E-state index in [0.29, 0.717) is 6.54 Å². The molecule has 0 bridgehead atoms. The molecule has 0 aliphatic heterocycles. The molecule has 2 aromatic carbocycles. The molecule has 0 amide bonds. The Bertz CT molecular complexity index is 786. The van der Waals surface area contributed by atoms with Crippen LogP contribution in [0.2, 0.25) is 0 Å². The van der Waals surface area contributed by atoms with Crippen molar-refractivity contribution in [1.82, 2.24) is 4.98 Å². The van der Waals surface area contributed by atoms with E-state index >= 15 is 0 Å². The van der Waals surface area contributed by atoms with E-state index in [9.17, 15) is 4.39 Å². The lowest BCUT2D eigenvalue weighted by molar-refractivity contribution is 0.625. The van der Waals surface area contributed by atoms with Crippen LogP contribution in [0.4, 0.5) is 15.9 Å². The Hall–Kier alpha value is -2.62. The summed E-state index contributed by atoms with van der Waals surface area (Å²) in [5.41, 5.74) is 8.30. The summed E-state index contributed by atoms with van der Waals surface area (Å²) in [6.45, 7) is 0.602. The van der Waals surface area contributed by atoms with Gasteiger partial charge in [0.15, 0.2) is 0 Å². The van der Waals surface area contributed by atoms with E-state index in [4.69, 9.17) is 5.73 Å². The quantitative estimate of drug-likeness (QED) is 0.746. The summed E-state index contributed by atoms with van der Waals surface area (Å²) in [5, 5.41) is 1.01. The Morgan fingerprint density at radius 2 is 1.95 bits per heavy atom. The molecular weight excluding hydrogens is 265 g/mol. The lowest BCUT2D eigenvalue weighted by Gasteiger charge is -2.18. The standard InChI is InChI=1S/C17H16FN3/c1-21(11-12-3-2-4-14(18)9-12)17-8-5-13-10-15(19)6-7-16(13)20-17/h2-10H,11,19H2,1H3. The fourth-order valence-electron chi connectivity index (χ4n) is 2.34. The number of benzene rings is 2. The number of halogens is 1. The maximum absolute atomic E-state index is 13.2. The zero-order chi connectivity index (χ0) is 14.8. The summed E-state index contributed by atoms with van der Waals surface area (Å²) in [6, 6.07) is 16.2. The highest BCUT2D eigenvalue weighted by atomic mass is 19.1. The highest BCUT2D eigenvalue weighted by Crippen LogP contribution is 2.20. The fourth-order valence-corrected chi connectivity index (χ4v) is 2.34. The first kappa shape index (κ1) is 13.4. The third-order valence-electron chi connectivity index (χ3n) is 3.40. The van der Waals surface area contributed by atoms with Crippen molar-refractivity contribution in [2.24, 2.45) is 0 Å². The van der Waals surface area contributed by atoms with Crippen LogP contribution in [0.1, 0.15) is 5.56 Å². The van der Waals surface area contributed by atoms with Crippen LogP contribution < -0.4 is 10.6 Å². The van der Waals surface area contributed by atoms with Crippen LogP contribution in [0.5, 0.6) is 0 Å². The van der Waals surface area contributed by atoms with Gasteiger partial charge in [0.1, 0.15) is 11.6 Å². The van der Waals surface area contributed by atoms with E-state index in [1.54, 1.807) is 6.07 Å². The predicted molar refractivity (Wildman–Crippen MR) is 84.7 cm³/mol. The first-order chi connectivity index (χ1) is 10.1. The van der Waals surface area contributed by atoms with Crippen molar-refractivity contribution in [2.45, 2.75) is 6.54 Å². The lowest BCUT2D eigenvalue weighted by atomic mass is 10.2. The zero-order valence-electron chi connectivity index (χ0n) is 11.8. The molecule has 2 N–H and O–H groups in total. The highest BCUT2D eigenvalue weighted by molar-refractivity contribution is 5.83. The number of hydrogen-bond acceptors (Lipinski definition) is 3. The minimum atomic E-state index is -0.220. The number of rotatable bonds is 3. The lowest BCUT2D eigenvalue weighted by Crippen LogP contribution is -2.17. The number of pyridine rings is 1. The molecule has 0 fully saturated rings. The van der Waals surface area contributed by atoms with E-state index in [-0.39, 0.29) is 5.82 Å². The molecule has 3 aromatic rings. The monoisotopic (exact) mass is 281 g/mol. The van der Waals surface area contributed by atoms with Gasteiger partial charge in [-0.05, 0) is 48.0 Å². The van der Waals surface area contributed by atoms with E-state index in [1.807, 2.05) is 48.3 Å². The normalized spacial score (nSPS) is 10.8. The molecule has 0 saturated heterocycles. The average Bonchev–Trinajstić information content (AvgIpc) is 2.46. The molecule has 4 heteroatoms. The molecule has 1 heterocycles. The molecule has 0 atom stereocenters. The van der Waals surface area contributed by atoms with Gasteiger partial charge >= 0.3 is 0 Å². The van der Waals surface area contributed by atoms with Crippen molar-refractivity contribution in [2.75, 3.05) is 17.7 Å². The van der Waals surface area contributed by atoms with Crippen LogP contribution in [0, 0.1) is 5.82 Å². The van der Waals surface area contributed by atoms with E-state index in [2.05, 4.69) is 4.98 Å². The van der Waals surface area contributed by atoms with Gasteiger partial charge in [-0.15, -0.1) is 0 Å². The number of anilines is 2. The molecule has 21 heavy (non-hydrogen) atoms. The summed E-state index contributed by atoms with van der Waals surface area (Å²) in [6.07, 6.45) is 0. The molecule has 3 nitrogen and oxygen atoms in total. The van der Waals surface area contributed by atoms with Crippen LogP contribution in [-0.4, -0.2) is 12.0 Å². The molecular formula is C17H16FN3. The Balaban J connectivity index is 1.87. The zero-order valence-corrected chi connectivity index (χ0v) is 11.8. The Kier molecular flexibility index (Phi) is 3.44. The SMILES string of the molecule is CN(Cc1cccc(F)c1)c1ccc2cc(N)ccc2n1. The third kappa shape index (κ3) is 2.94. The van der Waals surface area contributed by atoms with Crippen LogP contribution >= 0.6 is 0 Å². The minimum Gasteiger partial charge on any atom is -0.399 e. The second-order valence-corrected chi connectivity index (χ2v) is 5.11. The van der Waals surface area contributed by atoms with Crippen molar-refractivity contribution < 1.29 is 4.39 Å². The number of nitrogens with two attached hydrogens (primary N) is 1. The summed E-state index contributed by atoms with van der Waals surface area (Å²) >= 11 is 0. The van der Waals surface area contributed by atoms with Gasteiger partial charge in [0.05, 0.1) is 5.52 Å². The molecule has 0 aliphatic carbocycles. The smallest absolute Gasteiger partial charge is 0.129 e. The van der Waals surface area contributed by atoms with E-state index < -0.39 is 0 Å². The summed E-state index contributed by atoms with van der Waals surface area (Å²) in [5.74, 6) is 0.624. The van der Waals surface area contributed by atoms with E-state index in [0.717, 1.165) is 28.0 Å². The number of nitrogen functional groups attached to an aromatic ring is 1. The maximum atomic E-state index is 13.2. The largest absolute Gasteiger partial charge is 0.399 e. The average molecular weight is 281 g/mol. The molecule has 0 spiro atoms. The Morgan fingerprint density at radius 3 is 2.76 bits per heavy atom.